The molecule has 0 radical (unpaired) electrons. The highest BCUT2D eigenvalue weighted by molar-refractivity contribution is 7.48. The van der Waals surface area contributed by atoms with Gasteiger partial charge in [-0.15, -0.1) is 0 Å². The number of nitrogens with one attached hydrogen (secondary N) is 1. The number of carbonyl (C=O) groups is 1. The summed E-state index contributed by atoms with van der Waals surface area (Å²) < 4.78 is 69.5. The number of unbranched alkanes of at least 4 members (excludes halogenated alkanes) is 2. The Morgan fingerprint density at radius 2 is 1.90 bits per heavy atom. The van der Waals surface area contributed by atoms with E-state index in [2.05, 4.69) is 12.2 Å². The Morgan fingerprint density at radius 3 is 2.64 bits per heavy atom. The lowest BCUT2D eigenvalue weighted by molar-refractivity contribution is -0.138. The molecule has 1 saturated heterocycles. The van der Waals surface area contributed by atoms with E-state index in [1.807, 2.05) is 18.2 Å². The first kappa shape index (κ1) is 29.8. The van der Waals surface area contributed by atoms with Gasteiger partial charge in [0.15, 0.2) is 0 Å². The van der Waals surface area contributed by atoms with Crippen LogP contribution in [0, 0.1) is 0 Å². The number of benzene rings is 2. The molecule has 1 fully saturated rings. The van der Waals surface area contributed by atoms with Crippen molar-refractivity contribution in [2.24, 2.45) is 0 Å². The van der Waals surface area contributed by atoms with Gasteiger partial charge in [-0.1, -0.05) is 43.7 Å². The molecule has 2 aromatic carbocycles. The molecule has 0 aromatic heterocycles. The molecule has 3 atom stereocenters. The molecule has 3 unspecified atom stereocenters. The van der Waals surface area contributed by atoms with Crippen molar-refractivity contribution in [2.75, 3.05) is 33.0 Å². The Labute approximate surface area is 228 Å². The van der Waals surface area contributed by atoms with Gasteiger partial charge in [0.05, 0.1) is 18.6 Å². The van der Waals surface area contributed by atoms with E-state index in [1.165, 1.54) is 0 Å². The maximum absolute atomic E-state index is 13.5. The van der Waals surface area contributed by atoms with Gasteiger partial charge in [-0.05, 0) is 72.4 Å². The summed E-state index contributed by atoms with van der Waals surface area (Å²) in [6, 6.07) is 10.9. The van der Waals surface area contributed by atoms with Crippen LogP contribution in [0.25, 0.3) is 11.1 Å². The molecule has 0 bridgehead atoms. The maximum Gasteiger partial charge on any atom is 0.405 e. The normalized spacial score (nSPS) is 19.1. The number of hydrogen-bond donors (Lipinski definition) is 1. The molecule has 1 aliphatic carbocycles. The smallest absolute Gasteiger partial charge is 0.381 e. The van der Waals surface area contributed by atoms with Gasteiger partial charge in [-0.25, -0.2) is 0 Å². The quantitative estimate of drug-likeness (QED) is 0.227. The van der Waals surface area contributed by atoms with E-state index < -0.39 is 32.6 Å². The number of fused-ring (bicyclic) bond motifs is 3. The van der Waals surface area contributed by atoms with Gasteiger partial charge in [0.1, 0.15) is 6.54 Å². The summed E-state index contributed by atoms with van der Waals surface area (Å²) in [4.78, 5) is 13.3. The van der Waals surface area contributed by atoms with Crippen LogP contribution in [0.2, 0.25) is 0 Å². The van der Waals surface area contributed by atoms with Crippen molar-refractivity contribution in [3.8, 4) is 11.1 Å². The predicted molar refractivity (Wildman–Crippen MR) is 145 cm³/mol. The summed E-state index contributed by atoms with van der Waals surface area (Å²) in [5.41, 5.74) is 3.58. The predicted octanol–water partition coefficient (Wildman–Crippen LogP) is 5.91. The molecule has 39 heavy (non-hydrogen) atoms. The summed E-state index contributed by atoms with van der Waals surface area (Å²) in [5, 5.41) is 2.60. The minimum Gasteiger partial charge on any atom is -0.381 e. The fourth-order valence-corrected chi connectivity index (χ4v) is 6.50. The highest BCUT2D eigenvalue weighted by Gasteiger charge is 2.38. The molecule has 10 heteroatoms. The van der Waals surface area contributed by atoms with E-state index in [0.717, 1.165) is 48.8 Å². The van der Waals surface area contributed by atoms with E-state index in [4.69, 9.17) is 14.0 Å². The lowest BCUT2D eigenvalue weighted by Crippen LogP contribution is -2.37. The second-order valence-electron chi connectivity index (χ2n) is 10.1. The second-order valence-corrected chi connectivity index (χ2v) is 11.5. The van der Waals surface area contributed by atoms with Gasteiger partial charge in [0.25, 0.3) is 0 Å². The summed E-state index contributed by atoms with van der Waals surface area (Å²) >= 11 is 0. The Balaban J connectivity index is 1.64. The first-order chi connectivity index (χ1) is 18.8. The van der Waals surface area contributed by atoms with Gasteiger partial charge < -0.3 is 19.3 Å². The highest BCUT2D eigenvalue weighted by atomic mass is 31.1. The van der Waals surface area contributed by atoms with Crippen LogP contribution in [-0.2, 0) is 29.8 Å². The molecule has 2 aromatic rings. The zero-order chi connectivity index (χ0) is 27.8. The lowest BCUT2D eigenvalue weighted by atomic mass is 9.90. The molecular weight excluding hydrogens is 530 g/mol. The number of rotatable bonds is 14. The third-order valence-electron chi connectivity index (χ3n) is 7.18. The van der Waals surface area contributed by atoms with E-state index in [0.29, 0.717) is 49.1 Å². The Kier molecular flexibility index (Phi) is 10.6. The minimum absolute atomic E-state index is 0.0951. The molecule has 1 N–H and O–H groups in total. The van der Waals surface area contributed by atoms with Crippen molar-refractivity contribution in [1.29, 1.82) is 0 Å². The van der Waals surface area contributed by atoms with E-state index in [1.54, 1.807) is 18.2 Å². The molecule has 4 rings (SSSR count). The average Bonchev–Trinajstić information content (AvgIpc) is 3.56. The number of alkyl halides is 3. The van der Waals surface area contributed by atoms with Crippen LogP contribution in [0.5, 0.6) is 0 Å². The SMILES string of the molecule is CCCCOCCCCc1c([PH](=O)OCC2CCCO2)ccc2c1C(C(=O)NCC(F)(F)F)c1ccccc1-2. The van der Waals surface area contributed by atoms with Gasteiger partial charge in [0, 0.05) is 25.1 Å². The number of halogens is 3. The largest absolute Gasteiger partial charge is 0.405 e. The third kappa shape index (κ3) is 7.72. The van der Waals surface area contributed by atoms with Crippen LogP contribution < -0.4 is 10.6 Å². The molecule has 1 amide bonds. The molecule has 214 valence electrons. The first-order valence-corrected chi connectivity index (χ1v) is 15.1. The van der Waals surface area contributed by atoms with Gasteiger partial charge >= 0.3 is 6.18 Å². The summed E-state index contributed by atoms with van der Waals surface area (Å²) in [5.74, 6) is -1.65. The van der Waals surface area contributed by atoms with E-state index in [9.17, 15) is 22.5 Å². The van der Waals surface area contributed by atoms with Crippen molar-refractivity contribution >= 4 is 19.2 Å². The van der Waals surface area contributed by atoms with Crippen molar-refractivity contribution < 1.29 is 36.5 Å². The van der Waals surface area contributed by atoms with Crippen molar-refractivity contribution in [1.82, 2.24) is 5.32 Å². The standard InChI is InChI=1S/C29H37F3NO5P/c1-2-3-15-36-16-7-6-12-24-25(39(35)38-18-20-9-8-17-37-20)14-13-23-21-10-4-5-11-22(21)27(26(23)24)28(34)33-19-29(30,31)32/h4-5,10-11,13-14,20,27,39H,2-3,6-9,12,15-19H2,1H3,(H,33,34). The minimum atomic E-state index is -4.53. The van der Waals surface area contributed by atoms with Crippen LogP contribution >= 0.6 is 8.03 Å². The van der Waals surface area contributed by atoms with Crippen molar-refractivity contribution in [2.45, 2.75) is 70.1 Å². The maximum atomic E-state index is 13.5. The second kappa shape index (κ2) is 13.9. The molecule has 2 aliphatic rings. The van der Waals surface area contributed by atoms with Gasteiger partial charge in [0.2, 0.25) is 13.9 Å². The Hall–Kier alpha value is -2.19. The van der Waals surface area contributed by atoms with Crippen LogP contribution in [0.3, 0.4) is 0 Å². The lowest BCUT2D eigenvalue weighted by Gasteiger charge is -2.21. The highest BCUT2D eigenvalue weighted by Crippen LogP contribution is 2.47. The number of carbonyl (C=O) groups excluding carboxylic acids is 1. The van der Waals surface area contributed by atoms with Crippen LogP contribution in [-0.4, -0.2) is 51.2 Å². The third-order valence-corrected chi connectivity index (χ3v) is 8.52. The van der Waals surface area contributed by atoms with Crippen LogP contribution in [0.4, 0.5) is 13.2 Å². The zero-order valence-electron chi connectivity index (χ0n) is 22.3. The molecule has 1 aliphatic heterocycles. The molecule has 1 heterocycles. The molecule has 6 nitrogen and oxygen atoms in total. The Morgan fingerprint density at radius 1 is 1.10 bits per heavy atom. The fraction of sp³-hybridized carbons (Fsp3) is 0.552. The summed E-state index contributed by atoms with van der Waals surface area (Å²) in [7, 11) is -2.70. The van der Waals surface area contributed by atoms with E-state index in [-0.39, 0.29) is 12.7 Å². The summed E-state index contributed by atoms with van der Waals surface area (Å²) in [6.07, 6.45) is 1.19. The first-order valence-electron chi connectivity index (χ1n) is 13.8. The van der Waals surface area contributed by atoms with Crippen molar-refractivity contribution in [3.63, 3.8) is 0 Å². The fourth-order valence-electron chi connectivity index (χ4n) is 5.28. The molecule has 0 spiro atoms. The topological polar surface area (TPSA) is 73.9 Å². The van der Waals surface area contributed by atoms with E-state index >= 15 is 0 Å². The Bertz CT molecular complexity index is 1150. The van der Waals surface area contributed by atoms with Gasteiger partial charge in [-0.2, -0.15) is 13.2 Å². The average molecular weight is 568 g/mol. The number of hydrogen-bond acceptors (Lipinski definition) is 5. The zero-order valence-corrected chi connectivity index (χ0v) is 23.3. The van der Waals surface area contributed by atoms with Gasteiger partial charge in [-0.3, -0.25) is 9.36 Å². The summed E-state index contributed by atoms with van der Waals surface area (Å²) in [6.45, 7) is 2.85. The van der Waals surface area contributed by atoms with Crippen LogP contribution in [0.1, 0.15) is 68.1 Å². The van der Waals surface area contributed by atoms with Crippen LogP contribution in [0.15, 0.2) is 36.4 Å². The van der Waals surface area contributed by atoms with Crippen molar-refractivity contribution in [3.05, 3.63) is 53.1 Å². The molecular formula is C29H37F3NO5P. The monoisotopic (exact) mass is 567 g/mol. The molecule has 0 saturated carbocycles. The number of amides is 1. The number of ether oxygens (including phenoxy) is 2.